The van der Waals surface area contributed by atoms with Crippen molar-refractivity contribution in [2.24, 2.45) is 11.8 Å². The van der Waals surface area contributed by atoms with E-state index in [4.69, 9.17) is 10.6 Å². The van der Waals surface area contributed by atoms with Gasteiger partial charge in [0.1, 0.15) is 17.5 Å². The zero-order valence-electron chi connectivity index (χ0n) is 11.8. The number of nitrogens with zero attached hydrogens (tertiary/aromatic N) is 2. The molecule has 0 aromatic carbocycles. The van der Waals surface area contributed by atoms with Crippen molar-refractivity contribution in [2.45, 2.75) is 38.0 Å². The van der Waals surface area contributed by atoms with Crippen molar-refractivity contribution in [3.8, 4) is 0 Å². The third kappa shape index (κ3) is 4.05. The van der Waals surface area contributed by atoms with Gasteiger partial charge in [0, 0.05) is 31.7 Å². The second kappa shape index (κ2) is 6.37. The quantitative estimate of drug-likeness (QED) is 0.363. The van der Waals surface area contributed by atoms with Gasteiger partial charge in [0.05, 0.1) is 0 Å². The van der Waals surface area contributed by atoms with Crippen LogP contribution in [0.3, 0.4) is 0 Å². The van der Waals surface area contributed by atoms with Gasteiger partial charge in [-0.25, -0.2) is 15.8 Å². The summed E-state index contributed by atoms with van der Waals surface area (Å²) in [6.45, 7) is 2.60. The lowest BCUT2D eigenvalue weighted by Crippen LogP contribution is -2.13. The lowest BCUT2D eigenvalue weighted by Gasteiger charge is -2.09. The van der Waals surface area contributed by atoms with Crippen LogP contribution in [0.4, 0.5) is 11.6 Å². The molecule has 6 nitrogen and oxygen atoms in total. The van der Waals surface area contributed by atoms with Crippen LogP contribution in [0.1, 0.15) is 43.8 Å². The number of nitrogen functional groups attached to an aromatic ring is 1. The van der Waals surface area contributed by atoms with Crippen LogP contribution < -0.4 is 16.6 Å². The number of hydrogen-bond donors (Lipinski definition) is 3. The molecule has 0 aliphatic heterocycles. The summed E-state index contributed by atoms with van der Waals surface area (Å²) in [6.07, 6.45) is 6.04. The fraction of sp³-hybridized carbons (Fsp3) is 0.714. The normalized spacial score (nSPS) is 18.1. The van der Waals surface area contributed by atoms with Gasteiger partial charge in [-0.05, 0) is 38.0 Å². The van der Waals surface area contributed by atoms with Crippen molar-refractivity contribution in [2.75, 3.05) is 30.5 Å². The van der Waals surface area contributed by atoms with E-state index in [1.807, 2.05) is 6.07 Å². The Hall–Kier alpha value is -1.40. The van der Waals surface area contributed by atoms with Crippen LogP contribution in [0.25, 0.3) is 0 Å². The van der Waals surface area contributed by atoms with Crippen molar-refractivity contribution in [1.29, 1.82) is 0 Å². The SMILES string of the molecule is NNc1cc(NCCCOCC2CC2)nc(C2CC2)n1. The number of aromatic nitrogens is 2. The molecule has 1 aromatic rings. The molecule has 0 atom stereocenters. The number of hydrogen-bond acceptors (Lipinski definition) is 6. The maximum atomic E-state index is 5.61. The van der Waals surface area contributed by atoms with Crippen LogP contribution in [-0.4, -0.2) is 29.7 Å². The molecule has 1 heterocycles. The van der Waals surface area contributed by atoms with Crippen molar-refractivity contribution < 1.29 is 4.74 Å². The van der Waals surface area contributed by atoms with E-state index in [1.54, 1.807) is 0 Å². The minimum atomic E-state index is 0.519. The molecule has 0 spiro atoms. The molecule has 2 aliphatic carbocycles. The number of nitrogens with one attached hydrogen (secondary N) is 2. The Kier molecular flexibility index (Phi) is 4.32. The van der Waals surface area contributed by atoms with Gasteiger partial charge in [-0.2, -0.15) is 0 Å². The largest absolute Gasteiger partial charge is 0.381 e. The van der Waals surface area contributed by atoms with Crippen LogP contribution >= 0.6 is 0 Å². The first-order valence-electron chi connectivity index (χ1n) is 7.52. The molecule has 3 rings (SSSR count). The Labute approximate surface area is 119 Å². The van der Waals surface area contributed by atoms with Gasteiger partial charge in [0.2, 0.25) is 0 Å². The number of anilines is 2. The first-order valence-corrected chi connectivity index (χ1v) is 7.52. The minimum absolute atomic E-state index is 0.519. The molecule has 2 fully saturated rings. The Balaban J connectivity index is 1.42. The number of hydrazine groups is 1. The van der Waals surface area contributed by atoms with Crippen LogP contribution in [0.5, 0.6) is 0 Å². The van der Waals surface area contributed by atoms with Crippen molar-refractivity contribution in [1.82, 2.24) is 9.97 Å². The van der Waals surface area contributed by atoms with E-state index in [0.717, 1.165) is 43.7 Å². The Morgan fingerprint density at radius 2 is 2.00 bits per heavy atom. The summed E-state index contributed by atoms with van der Waals surface area (Å²) in [7, 11) is 0. The molecule has 0 bridgehead atoms. The molecular formula is C14H23N5O. The number of ether oxygens (including phenoxy) is 1. The van der Waals surface area contributed by atoms with Gasteiger partial charge in [-0.1, -0.05) is 0 Å². The van der Waals surface area contributed by atoms with Crippen LogP contribution in [-0.2, 0) is 4.74 Å². The molecule has 6 heteroatoms. The summed E-state index contributed by atoms with van der Waals surface area (Å²) >= 11 is 0. The minimum Gasteiger partial charge on any atom is -0.381 e. The zero-order valence-corrected chi connectivity index (χ0v) is 11.8. The highest BCUT2D eigenvalue weighted by atomic mass is 16.5. The van der Waals surface area contributed by atoms with Gasteiger partial charge in [0.25, 0.3) is 0 Å². The molecule has 20 heavy (non-hydrogen) atoms. The topological polar surface area (TPSA) is 85.1 Å². The second-order valence-electron chi connectivity index (χ2n) is 5.71. The fourth-order valence-electron chi connectivity index (χ4n) is 2.08. The van der Waals surface area contributed by atoms with E-state index in [-0.39, 0.29) is 0 Å². The molecule has 1 aromatic heterocycles. The highest BCUT2D eigenvalue weighted by Crippen LogP contribution is 2.38. The lowest BCUT2D eigenvalue weighted by molar-refractivity contribution is 0.124. The molecule has 4 N–H and O–H groups in total. The van der Waals surface area contributed by atoms with E-state index in [9.17, 15) is 0 Å². The molecule has 2 aliphatic rings. The summed E-state index contributed by atoms with van der Waals surface area (Å²) in [5.41, 5.74) is 2.60. The first kappa shape index (κ1) is 13.6. The molecule has 0 unspecified atom stereocenters. The fourth-order valence-corrected chi connectivity index (χ4v) is 2.08. The number of nitrogens with two attached hydrogens (primary N) is 1. The molecule has 110 valence electrons. The van der Waals surface area contributed by atoms with Crippen molar-refractivity contribution in [3.05, 3.63) is 11.9 Å². The predicted octanol–water partition coefficient (Wildman–Crippen LogP) is 1.87. The lowest BCUT2D eigenvalue weighted by atomic mass is 10.3. The highest BCUT2D eigenvalue weighted by molar-refractivity contribution is 5.47. The van der Waals surface area contributed by atoms with E-state index < -0.39 is 0 Å². The van der Waals surface area contributed by atoms with E-state index in [2.05, 4.69) is 20.7 Å². The van der Waals surface area contributed by atoms with E-state index >= 15 is 0 Å². The summed E-state index contributed by atoms with van der Waals surface area (Å²) in [6, 6.07) is 1.84. The van der Waals surface area contributed by atoms with Crippen LogP contribution in [0.15, 0.2) is 6.07 Å². The van der Waals surface area contributed by atoms with Crippen LogP contribution in [0.2, 0.25) is 0 Å². The zero-order chi connectivity index (χ0) is 13.8. The van der Waals surface area contributed by atoms with Crippen molar-refractivity contribution in [3.63, 3.8) is 0 Å². The van der Waals surface area contributed by atoms with Gasteiger partial charge in [-0.15, -0.1) is 0 Å². The molecule has 0 saturated heterocycles. The molecular weight excluding hydrogens is 254 g/mol. The van der Waals surface area contributed by atoms with Gasteiger partial charge in [-0.3, -0.25) is 0 Å². The highest BCUT2D eigenvalue weighted by Gasteiger charge is 2.27. The standard InChI is InChI=1S/C14H23N5O/c15-19-13-8-12(17-14(18-13)11-4-5-11)16-6-1-7-20-9-10-2-3-10/h8,10-11H,1-7,9,15H2,(H2,16,17,18,19). The Morgan fingerprint density at radius 3 is 2.70 bits per heavy atom. The second-order valence-corrected chi connectivity index (χ2v) is 5.71. The molecule has 0 amide bonds. The smallest absolute Gasteiger partial charge is 0.145 e. The Morgan fingerprint density at radius 1 is 1.20 bits per heavy atom. The Bertz CT molecular complexity index is 445. The third-order valence-electron chi connectivity index (χ3n) is 3.66. The summed E-state index contributed by atoms with van der Waals surface area (Å²) in [4.78, 5) is 8.93. The average molecular weight is 277 g/mol. The molecule has 0 radical (unpaired) electrons. The predicted molar refractivity (Wildman–Crippen MR) is 78.5 cm³/mol. The summed E-state index contributed by atoms with van der Waals surface area (Å²) in [5, 5.41) is 3.32. The monoisotopic (exact) mass is 277 g/mol. The van der Waals surface area contributed by atoms with Gasteiger partial charge in [0.15, 0.2) is 0 Å². The van der Waals surface area contributed by atoms with Crippen molar-refractivity contribution >= 4 is 11.6 Å². The van der Waals surface area contributed by atoms with E-state index in [1.165, 1.54) is 25.7 Å². The maximum Gasteiger partial charge on any atom is 0.145 e. The molecule has 2 saturated carbocycles. The first-order chi connectivity index (χ1) is 9.85. The average Bonchev–Trinajstić information content (AvgIpc) is 3.35. The van der Waals surface area contributed by atoms with E-state index in [0.29, 0.717) is 11.7 Å². The van der Waals surface area contributed by atoms with Gasteiger partial charge >= 0.3 is 0 Å². The van der Waals surface area contributed by atoms with Crippen LogP contribution in [0, 0.1) is 5.92 Å². The third-order valence-corrected chi connectivity index (χ3v) is 3.66. The van der Waals surface area contributed by atoms with Gasteiger partial charge < -0.3 is 15.5 Å². The maximum absolute atomic E-state index is 5.61. The number of rotatable bonds is 9. The summed E-state index contributed by atoms with van der Waals surface area (Å²) < 4.78 is 5.61. The summed E-state index contributed by atoms with van der Waals surface area (Å²) in [5.74, 6) is 9.22.